The summed E-state index contributed by atoms with van der Waals surface area (Å²) in [6.45, 7) is 0. The molecule has 0 amide bonds. The Morgan fingerprint density at radius 3 is 1.93 bits per heavy atom. The molecule has 0 aromatic heterocycles. The van der Waals surface area contributed by atoms with Gasteiger partial charge in [0.05, 0.1) is 25.6 Å². The Labute approximate surface area is 165 Å². The second-order valence-electron chi connectivity index (χ2n) is 6.43. The summed E-state index contributed by atoms with van der Waals surface area (Å²) in [4.78, 5) is 10.8. The first-order valence-corrected chi connectivity index (χ1v) is 9.18. The van der Waals surface area contributed by atoms with Gasteiger partial charge in [0.15, 0.2) is 6.17 Å². The van der Waals surface area contributed by atoms with Crippen molar-refractivity contribution in [2.75, 3.05) is 14.2 Å². The van der Waals surface area contributed by atoms with Gasteiger partial charge in [-0.25, -0.2) is 5.06 Å². The SMILES string of the molecule is COc1ccc(C2N=C(c3ccccc3)C=C(c3ccccc3)N2OC)cc1. The molecular formula is C24H22N2O2. The highest BCUT2D eigenvalue weighted by atomic mass is 16.7. The van der Waals surface area contributed by atoms with Gasteiger partial charge in [0.1, 0.15) is 5.75 Å². The molecule has 28 heavy (non-hydrogen) atoms. The Morgan fingerprint density at radius 2 is 1.36 bits per heavy atom. The summed E-state index contributed by atoms with van der Waals surface area (Å²) < 4.78 is 5.30. The summed E-state index contributed by atoms with van der Waals surface area (Å²) in [6, 6.07) is 28.4. The fourth-order valence-electron chi connectivity index (χ4n) is 3.32. The van der Waals surface area contributed by atoms with Gasteiger partial charge in [-0.15, -0.1) is 0 Å². The Morgan fingerprint density at radius 1 is 0.750 bits per heavy atom. The first-order chi connectivity index (χ1) is 13.8. The summed E-state index contributed by atoms with van der Waals surface area (Å²) in [6.07, 6.45) is 1.78. The van der Waals surface area contributed by atoms with E-state index < -0.39 is 0 Å². The van der Waals surface area contributed by atoms with Crippen LogP contribution in [0.3, 0.4) is 0 Å². The van der Waals surface area contributed by atoms with E-state index in [1.54, 1.807) is 14.2 Å². The lowest BCUT2D eigenvalue weighted by Gasteiger charge is -2.34. The van der Waals surface area contributed by atoms with Crippen molar-refractivity contribution in [3.8, 4) is 5.75 Å². The van der Waals surface area contributed by atoms with Crippen molar-refractivity contribution < 1.29 is 9.57 Å². The zero-order chi connectivity index (χ0) is 19.3. The Kier molecular flexibility index (Phi) is 5.22. The number of methoxy groups -OCH3 is 1. The van der Waals surface area contributed by atoms with Crippen LogP contribution >= 0.6 is 0 Å². The van der Waals surface area contributed by atoms with Gasteiger partial charge >= 0.3 is 0 Å². The standard InChI is InChI=1S/C24H22N2O2/c1-27-21-15-13-20(14-16-21)24-25-22(18-9-5-3-6-10-18)17-23(26(24)28-2)19-11-7-4-8-12-19/h3-17,24H,1-2H3. The largest absolute Gasteiger partial charge is 0.497 e. The van der Waals surface area contributed by atoms with Gasteiger partial charge < -0.3 is 4.74 Å². The number of hydroxylamine groups is 2. The van der Waals surface area contributed by atoms with E-state index in [-0.39, 0.29) is 6.17 Å². The van der Waals surface area contributed by atoms with Gasteiger partial charge in [0, 0.05) is 5.56 Å². The topological polar surface area (TPSA) is 34.1 Å². The fraction of sp³-hybridized carbons (Fsp3) is 0.125. The lowest BCUT2D eigenvalue weighted by molar-refractivity contribution is -0.108. The third-order valence-corrected chi connectivity index (χ3v) is 4.74. The first-order valence-electron chi connectivity index (χ1n) is 9.18. The van der Waals surface area contributed by atoms with Gasteiger partial charge in [-0.2, -0.15) is 0 Å². The molecule has 0 fully saturated rings. The minimum atomic E-state index is -0.300. The number of ether oxygens (including phenoxy) is 1. The Hall–Kier alpha value is -3.37. The van der Waals surface area contributed by atoms with Crippen LogP contribution in [0.4, 0.5) is 0 Å². The predicted octanol–water partition coefficient (Wildman–Crippen LogP) is 5.10. The molecule has 0 saturated heterocycles. The van der Waals surface area contributed by atoms with E-state index >= 15 is 0 Å². The van der Waals surface area contributed by atoms with Crippen LogP contribution in [-0.4, -0.2) is 25.0 Å². The first kappa shape index (κ1) is 18.0. The van der Waals surface area contributed by atoms with Crippen LogP contribution in [0.25, 0.3) is 5.70 Å². The van der Waals surface area contributed by atoms with E-state index in [0.717, 1.165) is 33.8 Å². The molecule has 1 aliphatic rings. The quantitative estimate of drug-likeness (QED) is 0.626. The molecule has 1 aliphatic heterocycles. The van der Waals surface area contributed by atoms with Crippen molar-refractivity contribution >= 4 is 11.4 Å². The maximum Gasteiger partial charge on any atom is 0.172 e. The molecule has 0 radical (unpaired) electrons. The van der Waals surface area contributed by atoms with Crippen molar-refractivity contribution in [1.82, 2.24) is 5.06 Å². The summed E-state index contributed by atoms with van der Waals surface area (Å²) in [5, 5.41) is 1.85. The minimum Gasteiger partial charge on any atom is -0.497 e. The highest BCUT2D eigenvalue weighted by Gasteiger charge is 2.28. The number of rotatable bonds is 5. The van der Waals surface area contributed by atoms with Gasteiger partial charge in [-0.1, -0.05) is 72.8 Å². The smallest absolute Gasteiger partial charge is 0.172 e. The van der Waals surface area contributed by atoms with E-state index in [4.69, 9.17) is 14.6 Å². The van der Waals surface area contributed by atoms with Crippen molar-refractivity contribution in [2.45, 2.75) is 6.17 Å². The number of hydrogen-bond acceptors (Lipinski definition) is 4. The summed E-state index contributed by atoms with van der Waals surface area (Å²) in [5.41, 5.74) is 5.07. The number of benzene rings is 3. The van der Waals surface area contributed by atoms with Gasteiger partial charge in [-0.05, 0) is 29.3 Å². The predicted molar refractivity (Wildman–Crippen MR) is 112 cm³/mol. The molecule has 4 nitrogen and oxygen atoms in total. The van der Waals surface area contributed by atoms with Crippen LogP contribution in [0, 0.1) is 0 Å². The molecule has 0 N–H and O–H groups in total. The van der Waals surface area contributed by atoms with Gasteiger partial charge in [0.2, 0.25) is 0 Å². The molecular weight excluding hydrogens is 348 g/mol. The van der Waals surface area contributed by atoms with Crippen molar-refractivity contribution in [3.63, 3.8) is 0 Å². The molecule has 0 spiro atoms. The Balaban J connectivity index is 1.84. The van der Waals surface area contributed by atoms with E-state index in [2.05, 4.69) is 30.3 Å². The van der Waals surface area contributed by atoms with Gasteiger partial charge in [-0.3, -0.25) is 9.83 Å². The highest BCUT2D eigenvalue weighted by Crippen LogP contribution is 2.36. The zero-order valence-electron chi connectivity index (χ0n) is 15.9. The van der Waals surface area contributed by atoms with E-state index in [1.807, 2.05) is 65.7 Å². The minimum absolute atomic E-state index is 0.300. The number of aliphatic imine (C=N–C) groups is 1. The zero-order valence-corrected chi connectivity index (χ0v) is 15.9. The maximum absolute atomic E-state index is 5.79. The lowest BCUT2D eigenvalue weighted by atomic mass is 10.0. The second kappa shape index (κ2) is 8.11. The van der Waals surface area contributed by atoms with Crippen LogP contribution in [-0.2, 0) is 4.84 Å². The third kappa shape index (κ3) is 3.55. The molecule has 0 aliphatic carbocycles. The number of hydrogen-bond donors (Lipinski definition) is 0. The highest BCUT2D eigenvalue weighted by molar-refractivity contribution is 6.12. The van der Waals surface area contributed by atoms with Crippen LogP contribution < -0.4 is 4.74 Å². The maximum atomic E-state index is 5.79. The molecule has 1 unspecified atom stereocenters. The molecule has 140 valence electrons. The average molecular weight is 370 g/mol. The summed E-state index contributed by atoms with van der Waals surface area (Å²) >= 11 is 0. The molecule has 1 atom stereocenters. The van der Waals surface area contributed by atoms with Crippen LogP contribution in [0.15, 0.2) is 96.0 Å². The van der Waals surface area contributed by atoms with Crippen molar-refractivity contribution in [3.05, 3.63) is 108 Å². The molecule has 3 aromatic rings. The van der Waals surface area contributed by atoms with E-state index in [0.29, 0.717) is 0 Å². The van der Waals surface area contributed by atoms with Crippen molar-refractivity contribution in [2.24, 2.45) is 4.99 Å². The van der Waals surface area contributed by atoms with Crippen LogP contribution in [0.2, 0.25) is 0 Å². The fourth-order valence-corrected chi connectivity index (χ4v) is 3.32. The Bertz CT molecular complexity index is 980. The van der Waals surface area contributed by atoms with E-state index in [9.17, 15) is 0 Å². The molecule has 3 aromatic carbocycles. The molecule has 1 heterocycles. The molecule has 0 bridgehead atoms. The number of allylic oxidation sites excluding steroid dienone is 1. The monoisotopic (exact) mass is 370 g/mol. The summed E-state index contributed by atoms with van der Waals surface area (Å²) in [5.74, 6) is 0.814. The third-order valence-electron chi connectivity index (χ3n) is 4.74. The normalized spacial score (nSPS) is 16.4. The van der Waals surface area contributed by atoms with Crippen molar-refractivity contribution in [1.29, 1.82) is 0 Å². The van der Waals surface area contributed by atoms with Crippen LogP contribution in [0.1, 0.15) is 22.9 Å². The van der Waals surface area contributed by atoms with Crippen LogP contribution in [0.5, 0.6) is 5.75 Å². The molecule has 4 heteroatoms. The molecule has 4 rings (SSSR count). The van der Waals surface area contributed by atoms with Gasteiger partial charge in [0.25, 0.3) is 0 Å². The lowest BCUT2D eigenvalue weighted by Crippen LogP contribution is -2.30. The average Bonchev–Trinajstić information content (AvgIpc) is 2.79. The number of nitrogens with zero attached hydrogens (tertiary/aromatic N) is 2. The summed E-state index contributed by atoms with van der Waals surface area (Å²) in [7, 11) is 3.34. The van der Waals surface area contributed by atoms with E-state index in [1.165, 1.54) is 0 Å². The second-order valence-corrected chi connectivity index (χ2v) is 6.43. The molecule has 0 saturated carbocycles.